The summed E-state index contributed by atoms with van der Waals surface area (Å²) < 4.78 is 0. The number of aromatic hydroxyl groups is 2. The van der Waals surface area contributed by atoms with E-state index in [0.29, 0.717) is 22.3 Å². The van der Waals surface area contributed by atoms with Crippen molar-refractivity contribution < 1.29 is 237 Å². The molecule has 370 valence electrons. The Bertz CT molecular complexity index is 2260. The molecule has 6 saturated carbocycles. The predicted molar refractivity (Wildman–Crippen MR) is 260 cm³/mol. The van der Waals surface area contributed by atoms with Crippen LogP contribution in [0.2, 0.25) is 0 Å². The van der Waals surface area contributed by atoms with Crippen molar-refractivity contribution in [3.63, 3.8) is 0 Å². The van der Waals surface area contributed by atoms with Crippen LogP contribution in [-0.4, -0.2) is 10.2 Å². The van der Waals surface area contributed by atoms with Crippen LogP contribution in [0.25, 0.3) is 32.7 Å². The zero-order valence-corrected chi connectivity index (χ0v) is 43.9. The monoisotopic (exact) mass is 1060 g/mol. The van der Waals surface area contributed by atoms with Gasteiger partial charge in [0.05, 0.1) is 0 Å². The molecule has 6 aromatic rings. The van der Waals surface area contributed by atoms with Gasteiger partial charge in [-0.1, -0.05) is 174 Å². The Kier molecular flexibility index (Phi) is 27.2. The molecular formula is C60H70Ar6O2. The van der Waals surface area contributed by atoms with E-state index in [0.717, 1.165) is 68.9 Å². The molecule has 0 radical (unpaired) electrons. The third-order valence-corrected chi connectivity index (χ3v) is 18.3. The van der Waals surface area contributed by atoms with Crippen molar-refractivity contribution in [3.8, 4) is 22.6 Å². The number of fused-ring (bicyclic) bond motifs is 8. The van der Waals surface area contributed by atoms with Crippen molar-refractivity contribution in [3.05, 3.63) is 145 Å². The van der Waals surface area contributed by atoms with E-state index in [1.54, 1.807) is 35.4 Å². The van der Waals surface area contributed by atoms with Gasteiger partial charge in [-0.2, -0.15) is 0 Å². The fourth-order valence-corrected chi connectivity index (χ4v) is 15.5. The minimum atomic E-state index is 0. The summed E-state index contributed by atoms with van der Waals surface area (Å²) in [7, 11) is 0. The summed E-state index contributed by atoms with van der Waals surface area (Å²) in [6.07, 6.45) is 23.7. The van der Waals surface area contributed by atoms with Gasteiger partial charge in [0.2, 0.25) is 0 Å². The maximum atomic E-state index is 9.13. The van der Waals surface area contributed by atoms with Crippen LogP contribution in [0.1, 0.15) is 128 Å². The van der Waals surface area contributed by atoms with Crippen LogP contribution in [0.5, 0.6) is 11.5 Å². The first kappa shape index (κ1) is 63.5. The third-order valence-electron chi connectivity index (χ3n) is 18.3. The Morgan fingerprint density at radius 3 is 0.882 bits per heavy atom. The molecule has 6 aliphatic carbocycles. The summed E-state index contributed by atoms with van der Waals surface area (Å²) in [4.78, 5) is 0. The number of hydrogen-bond acceptors (Lipinski definition) is 2. The van der Waals surface area contributed by atoms with Crippen molar-refractivity contribution in [1.82, 2.24) is 0 Å². The first-order valence-corrected chi connectivity index (χ1v) is 24.9. The molecule has 8 atom stereocenters. The fourth-order valence-electron chi connectivity index (χ4n) is 15.5. The molecule has 0 saturated heterocycles. The standard InChI is InChI=1S/C40H54.2C10H8O.6Ar/c1-39(35-15-7-3-11-31(35)32-12-4-8-16-36(32)39)29-23-19-27(20-24-29)28-21-25-30(26-22-28)40(2)37-17-9-5-13-33(37)34-14-6-10-18-38(34)40;2*11-10-6-5-8-3-1-2-4-9(8)7-10;;;;;;/h19-26,31-38H,3-18H2,1-2H3;2*1-7,11H;;;;;;. The zero-order chi connectivity index (χ0) is 42.3. The van der Waals surface area contributed by atoms with Crippen LogP contribution in [-0.2, 0) is 10.8 Å². The van der Waals surface area contributed by atoms with Crippen LogP contribution >= 0.6 is 0 Å². The SMILES string of the molecule is CC1(c2ccc(-c3ccc(C4(C)C5CCCCC5C5CCCCC54)cc3)cc2)C2CCCCC2C2CCCCC21.Oc1ccc2ccccc2c1.Oc1ccc2ccccc2c1.[Ar].[Ar].[Ar].[Ar].[Ar].[Ar]. The van der Waals surface area contributed by atoms with Crippen molar-refractivity contribution in [2.45, 2.75) is 127 Å². The smallest absolute Gasteiger partial charge is 0.116 e. The van der Waals surface area contributed by atoms with Gasteiger partial charge in [-0.15, -0.1) is 0 Å². The normalized spacial score (nSPS) is 29.4. The van der Waals surface area contributed by atoms with Gasteiger partial charge in [-0.25, -0.2) is 0 Å². The molecule has 6 fully saturated rings. The predicted octanol–water partition coefficient (Wildman–Crippen LogP) is 16.2. The molecule has 0 aromatic heterocycles. The van der Waals surface area contributed by atoms with E-state index in [9.17, 15) is 0 Å². The molecule has 0 spiro atoms. The van der Waals surface area contributed by atoms with Gasteiger partial charge in [0.1, 0.15) is 11.5 Å². The van der Waals surface area contributed by atoms with Gasteiger partial charge < -0.3 is 10.2 Å². The van der Waals surface area contributed by atoms with Gasteiger partial charge in [0, 0.05) is 226 Å². The molecule has 8 unspecified atom stereocenters. The van der Waals surface area contributed by atoms with E-state index in [2.05, 4.69) is 62.4 Å². The zero-order valence-electron chi connectivity index (χ0n) is 39.6. The Hall–Kier alpha value is 3.00. The average Bonchev–Trinajstić information content (AvgIpc) is 3.75. The molecule has 6 aliphatic rings. The molecule has 2 nitrogen and oxygen atoms in total. The topological polar surface area (TPSA) is 40.5 Å². The molecule has 0 heterocycles. The van der Waals surface area contributed by atoms with Crippen molar-refractivity contribution >= 4 is 21.5 Å². The second-order valence-electron chi connectivity index (χ2n) is 21.0. The summed E-state index contributed by atoms with van der Waals surface area (Å²) in [5, 5.41) is 22.7. The molecule has 6 aromatic carbocycles. The summed E-state index contributed by atoms with van der Waals surface area (Å²) >= 11 is 0. The van der Waals surface area contributed by atoms with Gasteiger partial charge in [0.15, 0.2) is 0 Å². The molecule has 0 aliphatic heterocycles. The number of phenols is 2. The maximum absolute atomic E-state index is 9.13. The van der Waals surface area contributed by atoms with Crippen LogP contribution in [0, 0.1) is 274 Å². The minimum absolute atomic E-state index is 0. The first-order chi connectivity index (χ1) is 30.3. The number of rotatable bonds is 3. The van der Waals surface area contributed by atoms with E-state index in [1.165, 1.54) is 114 Å². The van der Waals surface area contributed by atoms with Crippen LogP contribution < -0.4 is 0 Å². The van der Waals surface area contributed by atoms with Gasteiger partial charge in [-0.05, 0) is 178 Å². The molecule has 0 amide bonds. The van der Waals surface area contributed by atoms with Crippen LogP contribution in [0.15, 0.2) is 133 Å². The largest absolute Gasteiger partial charge is 0.508 e. The summed E-state index contributed by atoms with van der Waals surface area (Å²) in [6.45, 7) is 5.38. The number of benzene rings is 6. The Morgan fingerprint density at radius 1 is 0.324 bits per heavy atom. The van der Waals surface area contributed by atoms with Crippen molar-refractivity contribution in [2.24, 2.45) is 47.3 Å². The summed E-state index contributed by atoms with van der Waals surface area (Å²) in [5.41, 5.74) is 6.93. The van der Waals surface area contributed by atoms with E-state index < -0.39 is 0 Å². The molecule has 0 bridgehead atoms. The minimum Gasteiger partial charge on any atom is -0.508 e. The van der Waals surface area contributed by atoms with Gasteiger partial charge in [0.25, 0.3) is 0 Å². The Balaban J connectivity index is 0.000000298. The van der Waals surface area contributed by atoms with Gasteiger partial charge in [-0.3, -0.25) is 0 Å². The van der Waals surface area contributed by atoms with Crippen LogP contribution in [0.3, 0.4) is 0 Å². The summed E-state index contributed by atoms with van der Waals surface area (Å²) in [6, 6.07) is 46.8. The van der Waals surface area contributed by atoms with Crippen molar-refractivity contribution in [2.75, 3.05) is 0 Å². The fraction of sp³-hybridized carbons (Fsp3) is 0.467. The van der Waals surface area contributed by atoms with E-state index >= 15 is 0 Å². The number of phenolic OH excluding ortho intramolecular Hbond substituents is 2. The van der Waals surface area contributed by atoms with Crippen LogP contribution in [0.4, 0.5) is 0 Å². The Morgan fingerprint density at radius 2 is 0.588 bits per heavy atom. The molecule has 8 heteroatoms. The van der Waals surface area contributed by atoms with E-state index in [1.807, 2.05) is 60.7 Å². The summed E-state index contributed by atoms with van der Waals surface area (Å²) in [5.74, 6) is 8.31. The average molecular weight is 1060 g/mol. The van der Waals surface area contributed by atoms with E-state index in [-0.39, 0.29) is 226 Å². The quantitative estimate of drug-likeness (QED) is 0.185. The number of hydrogen-bond donors (Lipinski definition) is 2. The second-order valence-corrected chi connectivity index (χ2v) is 21.0. The van der Waals surface area contributed by atoms with Crippen molar-refractivity contribution in [1.29, 1.82) is 0 Å². The third kappa shape index (κ3) is 13.3. The van der Waals surface area contributed by atoms with E-state index in [4.69, 9.17) is 10.2 Å². The molecule has 12 rings (SSSR count). The second kappa shape index (κ2) is 29.1. The first-order valence-electron chi connectivity index (χ1n) is 24.9. The molecule has 68 heavy (non-hydrogen) atoms. The molecule has 2 N–H and O–H groups in total. The molecular weight excluding hydrogens is 992 g/mol. The Labute approximate surface area is 588 Å². The van der Waals surface area contributed by atoms with Gasteiger partial charge >= 0.3 is 0 Å². The maximum Gasteiger partial charge on any atom is 0.116 e.